The highest BCUT2D eigenvalue weighted by molar-refractivity contribution is 7.89. The molecule has 2 aromatic rings. The number of halogens is 1. The van der Waals surface area contributed by atoms with Gasteiger partial charge < -0.3 is 10.5 Å². The maximum Gasteiger partial charge on any atom is 0.337 e. The molecule has 1 fully saturated rings. The molecule has 0 amide bonds. The number of benzene rings is 2. The molecule has 0 saturated carbocycles. The number of hydrogen-bond donors (Lipinski definition) is 1. The summed E-state index contributed by atoms with van der Waals surface area (Å²) in [4.78, 5) is 11.7. The van der Waals surface area contributed by atoms with Gasteiger partial charge >= 0.3 is 5.97 Å². The van der Waals surface area contributed by atoms with Crippen molar-refractivity contribution in [2.45, 2.75) is 10.8 Å². The number of carbonyl (C=O) groups is 1. The summed E-state index contributed by atoms with van der Waals surface area (Å²) in [6, 6.07) is 15.7. The summed E-state index contributed by atoms with van der Waals surface area (Å²) in [5.74, 6) is -0.353. The van der Waals surface area contributed by atoms with Crippen molar-refractivity contribution in [3.05, 3.63) is 65.7 Å². The molecule has 3 rings (SSSR count). The Balaban J connectivity index is 0.00000261. The molecule has 146 valence electrons. The van der Waals surface area contributed by atoms with E-state index < -0.39 is 16.0 Å². The molecule has 1 saturated heterocycles. The second kappa shape index (κ2) is 8.84. The molecule has 2 aromatic carbocycles. The van der Waals surface area contributed by atoms with E-state index in [1.165, 1.54) is 35.7 Å². The molecule has 0 aromatic heterocycles. The zero-order chi connectivity index (χ0) is 18.7. The molecular formula is C19H23ClN2O4S. The highest BCUT2D eigenvalue weighted by atomic mass is 35.5. The highest BCUT2D eigenvalue weighted by Gasteiger charge is 2.39. The van der Waals surface area contributed by atoms with Gasteiger partial charge in [-0.25, -0.2) is 13.2 Å². The highest BCUT2D eigenvalue weighted by Crippen LogP contribution is 2.35. The molecule has 0 bridgehead atoms. The van der Waals surface area contributed by atoms with E-state index in [0.717, 1.165) is 5.56 Å². The van der Waals surface area contributed by atoms with E-state index in [1.54, 1.807) is 0 Å². The number of nitrogens with zero attached hydrogens (tertiary/aromatic N) is 1. The van der Waals surface area contributed by atoms with Gasteiger partial charge in [0.2, 0.25) is 10.0 Å². The summed E-state index contributed by atoms with van der Waals surface area (Å²) >= 11 is 0. The smallest absolute Gasteiger partial charge is 0.337 e. The van der Waals surface area contributed by atoms with Crippen molar-refractivity contribution in [2.24, 2.45) is 11.7 Å². The lowest BCUT2D eigenvalue weighted by Crippen LogP contribution is -2.30. The van der Waals surface area contributed by atoms with Crippen LogP contribution in [0.1, 0.15) is 21.8 Å². The first-order valence-electron chi connectivity index (χ1n) is 8.41. The number of hydrogen-bond acceptors (Lipinski definition) is 5. The van der Waals surface area contributed by atoms with Gasteiger partial charge in [-0.15, -0.1) is 12.4 Å². The Labute approximate surface area is 165 Å². The van der Waals surface area contributed by atoms with Crippen molar-refractivity contribution in [1.82, 2.24) is 4.31 Å². The van der Waals surface area contributed by atoms with Gasteiger partial charge in [0, 0.05) is 19.0 Å². The SMILES string of the molecule is COC(=O)c1ccc(S(=O)(=O)N2C[C@@H](CN)[C@H](c3ccccc3)C2)cc1.Cl. The van der Waals surface area contributed by atoms with Crippen LogP contribution in [0, 0.1) is 5.92 Å². The van der Waals surface area contributed by atoms with E-state index >= 15 is 0 Å². The first-order valence-corrected chi connectivity index (χ1v) is 9.85. The molecule has 2 N–H and O–H groups in total. The van der Waals surface area contributed by atoms with Gasteiger partial charge in [0.15, 0.2) is 0 Å². The monoisotopic (exact) mass is 410 g/mol. The number of methoxy groups -OCH3 is 1. The first kappa shape index (κ1) is 21.4. The quantitative estimate of drug-likeness (QED) is 0.763. The molecule has 0 unspecified atom stereocenters. The lowest BCUT2D eigenvalue weighted by Gasteiger charge is -2.17. The summed E-state index contributed by atoms with van der Waals surface area (Å²) in [6.07, 6.45) is 0. The average Bonchev–Trinajstić information content (AvgIpc) is 3.13. The molecular weight excluding hydrogens is 388 g/mol. The topological polar surface area (TPSA) is 89.7 Å². The summed E-state index contributed by atoms with van der Waals surface area (Å²) in [5, 5.41) is 0. The predicted octanol–water partition coefficient (Wildman–Crippen LogP) is 2.26. The molecule has 8 heteroatoms. The van der Waals surface area contributed by atoms with Gasteiger partial charge in [0.25, 0.3) is 0 Å². The largest absolute Gasteiger partial charge is 0.465 e. The van der Waals surface area contributed by atoms with Gasteiger partial charge in [0.05, 0.1) is 17.6 Å². The van der Waals surface area contributed by atoms with Gasteiger partial charge in [-0.05, 0) is 42.3 Å². The Hall–Kier alpha value is -1.93. The molecule has 0 radical (unpaired) electrons. The summed E-state index contributed by atoms with van der Waals surface area (Å²) < 4.78 is 32.1. The third kappa shape index (κ3) is 4.32. The Morgan fingerprint density at radius 1 is 1.11 bits per heavy atom. The van der Waals surface area contributed by atoms with Crippen LogP contribution in [0.25, 0.3) is 0 Å². The third-order valence-electron chi connectivity index (χ3n) is 4.85. The van der Waals surface area contributed by atoms with Gasteiger partial charge in [-0.2, -0.15) is 4.31 Å². The zero-order valence-corrected chi connectivity index (χ0v) is 16.6. The average molecular weight is 411 g/mol. The molecule has 1 aliphatic rings. The molecule has 2 atom stereocenters. The van der Waals surface area contributed by atoms with Crippen LogP contribution in [0.5, 0.6) is 0 Å². The minimum Gasteiger partial charge on any atom is -0.465 e. The molecule has 0 aliphatic carbocycles. The van der Waals surface area contributed by atoms with E-state index in [4.69, 9.17) is 5.73 Å². The number of carbonyl (C=O) groups excluding carboxylic acids is 1. The maximum atomic E-state index is 13.0. The number of ether oxygens (including phenoxy) is 1. The van der Waals surface area contributed by atoms with Crippen LogP contribution in [0.4, 0.5) is 0 Å². The van der Waals surface area contributed by atoms with Crippen molar-refractivity contribution in [3.63, 3.8) is 0 Å². The van der Waals surface area contributed by atoms with Gasteiger partial charge in [-0.1, -0.05) is 30.3 Å². The van der Waals surface area contributed by atoms with E-state index in [0.29, 0.717) is 25.2 Å². The van der Waals surface area contributed by atoms with E-state index in [9.17, 15) is 13.2 Å². The fourth-order valence-electron chi connectivity index (χ4n) is 3.37. The fourth-order valence-corrected chi connectivity index (χ4v) is 4.90. The standard InChI is InChI=1S/C19H22N2O4S.ClH/c1-25-19(22)15-7-9-17(10-8-15)26(23,24)21-12-16(11-20)18(13-21)14-5-3-2-4-6-14;/h2-10,16,18H,11-13,20H2,1H3;1H/t16-,18+;/m1./s1. The predicted molar refractivity (Wildman–Crippen MR) is 106 cm³/mol. The van der Waals surface area contributed by atoms with Crippen molar-refractivity contribution in [3.8, 4) is 0 Å². The third-order valence-corrected chi connectivity index (χ3v) is 6.70. The lowest BCUT2D eigenvalue weighted by atomic mass is 9.89. The van der Waals surface area contributed by atoms with E-state index in [-0.39, 0.29) is 29.1 Å². The van der Waals surface area contributed by atoms with Crippen LogP contribution >= 0.6 is 12.4 Å². The number of esters is 1. The zero-order valence-electron chi connectivity index (χ0n) is 14.9. The second-order valence-electron chi connectivity index (χ2n) is 6.35. The van der Waals surface area contributed by atoms with Crippen molar-refractivity contribution >= 4 is 28.4 Å². The van der Waals surface area contributed by atoms with E-state index in [2.05, 4.69) is 4.74 Å². The Bertz CT molecular complexity index is 872. The molecule has 27 heavy (non-hydrogen) atoms. The van der Waals surface area contributed by atoms with Crippen LogP contribution in [0.2, 0.25) is 0 Å². The van der Waals surface area contributed by atoms with E-state index in [1.807, 2.05) is 30.3 Å². The van der Waals surface area contributed by atoms with Crippen LogP contribution in [-0.4, -0.2) is 45.4 Å². The Morgan fingerprint density at radius 2 is 1.74 bits per heavy atom. The minimum atomic E-state index is -3.65. The molecule has 0 spiro atoms. The second-order valence-corrected chi connectivity index (χ2v) is 8.29. The first-order chi connectivity index (χ1) is 12.5. The molecule has 6 nitrogen and oxygen atoms in total. The van der Waals surface area contributed by atoms with Crippen molar-refractivity contribution in [2.75, 3.05) is 26.7 Å². The summed E-state index contributed by atoms with van der Waals surface area (Å²) in [6.45, 7) is 1.21. The van der Waals surface area contributed by atoms with Gasteiger partial charge in [-0.3, -0.25) is 0 Å². The number of sulfonamides is 1. The van der Waals surface area contributed by atoms with Crippen LogP contribution in [-0.2, 0) is 14.8 Å². The Kier molecular flexibility index (Phi) is 7.00. The fraction of sp³-hybridized carbons (Fsp3) is 0.316. The molecule has 1 heterocycles. The number of rotatable bonds is 5. The van der Waals surface area contributed by atoms with Crippen LogP contribution < -0.4 is 5.73 Å². The summed E-state index contributed by atoms with van der Waals surface area (Å²) in [7, 11) is -2.36. The maximum absolute atomic E-state index is 13.0. The van der Waals surface area contributed by atoms with Crippen molar-refractivity contribution in [1.29, 1.82) is 0 Å². The molecule has 1 aliphatic heterocycles. The van der Waals surface area contributed by atoms with Gasteiger partial charge in [0.1, 0.15) is 0 Å². The summed E-state index contributed by atoms with van der Waals surface area (Å²) in [5.41, 5.74) is 7.31. The van der Waals surface area contributed by atoms with Crippen LogP contribution in [0.15, 0.2) is 59.5 Å². The normalized spacial score (nSPS) is 20.1. The number of nitrogens with two attached hydrogens (primary N) is 1. The van der Waals surface area contributed by atoms with Crippen molar-refractivity contribution < 1.29 is 17.9 Å². The minimum absolute atomic E-state index is 0. The Morgan fingerprint density at radius 3 is 2.30 bits per heavy atom. The van der Waals surface area contributed by atoms with Crippen LogP contribution in [0.3, 0.4) is 0 Å². The lowest BCUT2D eigenvalue weighted by molar-refractivity contribution is 0.0600.